The zero-order valence-electron chi connectivity index (χ0n) is 11.6. The van der Waals surface area contributed by atoms with Crippen LogP contribution in [0.15, 0.2) is 60.7 Å². The van der Waals surface area contributed by atoms with Crippen LogP contribution in [0.4, 0.5) is 4.79 Å². The highest BCUT2D eigenvalue weighted by molar-refractivity contribution is 7.52. The van der Waals surface area contributed by atoms with Crippen molar-refractivity contribution in [3.05, 3.63) is 71.8 Å². The molecule has 0 spiro atoms. The number of nitrogens with one attached hydrogen (secondary N) is 1. The van der Waals surface area contributed by atoms with Crippen LogP contribution in [0.25, 0.3) is 0 Å². The molecule has 0 unspecified atom stereocenters. The summed E-state index contributed by atoms with van der Waals surface area (Å²) < 4.78 is 16.5. The van der Waals surface area contributed by atoms with Gasteiger partial charge in [-0.15, -0.1) is 0 Å². The standard InChI is InChI=1S/C15H16NO5P/c17-15(21-11-12-7-3-1-4-8-12)16-14(22(18,19)20)13-9-5-2-6-10-13/h1-10,14H,11H2,(H,16,17)(H2,18,19,20)/t14-/m0/s1. The second-order valence-electron chi connectivity index (χ2n) is 4.61. The van der Waals surface area contributed by atoms with Gasteiger partial charge in [0.15, 0.2) is 5.78 Å². The lowest BCUT2D eigenvalue weighted by Crippen LogP contribution is -2.29. The fourth-order valence-electron chi connectivity index (χ4n) is 1.87. The Kier molecular flexibility index (Phi) is 5.33. The molecule has 0 bridgehead atoms. The summed E-state index contributed by atoms with van der Waals surface area (Å²) in [6.07, 6.45) is -0.888. The minimum atomic E-state index is -4.56. The maximum Gasteiger partial charge on any atom is 0.408 e. The quantitative estimate of drug-likeness (QED) is 0.736. The summed E-state index contributed by atoms with van der Waals surface area (Å²) in [7, 11) is -4.56. The average Bonchev–Trinajstić information content (AvgIpc) is 2.51. The van der Waals surface area contributed by atoms with Crippen LogP contribution in [0.2, 0.25) is 0 Å². The van der Waals surface area contributed by atoms with Gasteiger partial charge in [0.2, 0.25) is 0 Å². The van der Waals surface area contributed by atoms with Crippen molar-refractivity contribution in [1.29, 1.82) is 0 Å². The first-order valence-electron chi connectivity index (χ1n) is 6.54. The third-order valence-electron chi connectivity index (χ3n) is 2.92. The van der Waals surface area contributed by atoms with E-state index >= 15 is 0 Å². The zero-order chi connectivity index (χ0) is 16.0. The van der Waals surface area contributed by atoms with Crippen LogP contribution in [0.5, 0.6) is 0 Å². The molecule has 2 aromatic carbocycles. The van der Waals surface area contributed by atoms with Crippen molar-refractivity contribution in [2.24, 2.45) is 0 Å². The molecule has 1 atom stereocenters. The molecular weight excluding hydrogens is 305 g/mol. The van der Waals surface area contributed by atoms with Crippen molar-refractivity contribution in [3.63, 3.8) is 0 Å². The van der Waals surface area contributed by atoms with E-state index in [1.807, 2.05) is 6.07 Å². The maximum absolute atomic E-state index is 11.8. The summed E-state index contributed by atoms with van der Waals surface area (Å²) in [6, 6.07) is 17.1. The first kappa shape index (κ1) is 16.2. The van der Waals surface area contributed by atoms with Gasteiger partial charge >= 0.3 is 13.7 Å². The third-order valence-corrected chi connectivity index (χ3v) is 4.02. The number of carbonyl (C=O) groups excluding carboxylic acids is 1. The van der Waals surface area contributed by atoms with Gasteiger partial charge in [-0.1, -0.05) is 60.7 Å². The lowest BCUT2D eigenvalue weighted by molar-refractivity contribution is 0.137. The lowest BCUT2D eigenvalue weighted by atomic mass is 10.2. The summed E-state index contributed by atoms with van der Waals surface area (Å²) in [5.74, 6) is -1.43. The first-order valence-corrected chi connectivity index (χ1v) is 8.22. The second-order valence-corrected chi connectivity index (χ2v) is 6.30. The number of carbonyl (C=O) groups is 1. The van der Waals surface area contributed by atoms with Crippen molar-refractivity contribution in [1.82, 2.24) is 5.32 Å². The van der Waals surface area contributed by atoms with E-state index in [-0.39, 0.29) is 6.61 Å². The Morgan fingerprint density at radius 1 is 1.05 bits per heavy atom. The highest BCUT2D eigenvalue weighted by Gasteiger charge is 2.32. The van der Waals surface area contributed by atoms with E-state index in [9.17, 15) is 19.1 Å². The van der Waals surface area contributed by atoms with Gasteiger partial charge < -0.3 is 19.8 Å². The van der Waals surface area contributed by atoms with Crippen molar-refractivity contribution in [3.8, 4) is 0 Å². The molecule has 0 fully saturated rings. The van der Waals surface area contributed by atoms with Crippen LogP contribution in [0.1, 0.15) is 16.9 Å². The van der Waals surface area contributed by atoms with Gasteiger partial charge in [-0.2, -0.15) is 0 Å². The van der Waals surface area contributed by atoms with E-state index in [4.69, 9.17) is 4.74 Å². The van der Waals surface area contributed by atoms with Crippen LogP contribution in [-0.2, 0) is 15.9 Å². The molecule has 3 N–H and O–H groups in total. The number of alkyl carbamates (subject to hydrolysis) is 1. The van der Waals surface area contributed by atoms with Gasteiger partial charge in [-0.25, -0.2) is 4.79 Å². The van der Waals surface area contributed by atoms with Crippen molar-refractivity contribution in [2.75, 3.05) is 0 Å². The van der Waals surface area contributed by atoms with E-state index in [1.54, 1.807) is 42.5 Å². The average molecular weight is 321 g/mol. The fourth-order valence-corrected chi connectivity index (χ4v) is 2.71. The summed E-state index contributed by atoms with van der Waals surface area (Å²) in [5, 5.41) is 2.22. The van der Waals surface area contributed by atoms with E-state index in [2.05, 4.69) is 5.32 Å². The first-order chi connectivity index (χ1) is 10.5. The summed E-state index contributed by atoms with van der Waals surface area (Å²) in [4.78, 5) is 30.6. The van der Waals surface area contributed by atoms with Crippen LogP contribution >= 0.6 is 7.60 Å². The van der Waals surface area contributed by atoms with Crippen molar-refractivity contribution < 1.29 is 23.9 Å². The normalized spacial score (nSPS) is 12.5. The molecule has 0 heterocycles. The molecule has 2 aromatic rings. The molecule has 0 saturated carbocycles. The summed E-state index contributed by atoms with van der Waals surface area (Å²) >= 11 is 0. The second kappa shape index (κ2) is 7.22. The highest BCUT2D eigenvalue weighted by atomic mass is 31.2. The van der Waals surface area contributed by atoms with Crippen LogP contribution in [0.3, 0.4) is 0 Å². The Morgan fingerprint density at radius 3 is 2.14 bits per heavy atom. The van der Waals surface area contributed by atoms with Crippen molar-refractivity contribution in [2.45, 2.75) is 12.4 Å². The zero-order valence-corrected chi connectivity index (χ0v) is 12.5. The van der Waals surface area contributed by atoms with E-state index < -0.39 is 19.5 Å². The van der Waals surface area contributed by atoms with E-state index in [0.29, 0.717) is 5.56 Å². The largest absolute Gasteiger partial charge is 0.445 e. The Morgan fingerprint density at radius 2 is 1.59 bits per heavy atom. The topological polar surface area (TPSA) is 95.9 Å². The molecule has 116 valence electrons. The Bertz CT molecular complexity index is 656. The molecule has 1 amide bonds. The molecular formula is C15H16NO5P. The minimum Gasteiger partial charge on any atom is -0.445 e. The van der Waals surface area contributed by atoms with Crippen LogP contribution in [0, 0.1) is 0 Å². The van der Waals surface area contributed by atoms with Gasteiger partial charge in [-0.05, 0) is 11.1 Å². The fraction of sp³-hybridized carbons (Fsp3) is 0.133. The predicted octanol–water partition coefficient (Wildman–Crippen LogP) is 2.79. The van der Waals surface area contributed by atoms with Gasteiger partial charge in [0.1, 0.15) is 6.61 Å². The van der Waals surface area contributed by atoms with Gasteiger partial charge in [0.25, 0.3) is 0 Å². The summed E-state index contributed by atoms with van der Waals surface area (Å²) in [6.45, 7) is 0.0232. The molecule has 0 aromatic heterocycles. The van der Waals surface area contributed by atoms with E-state index in [1.165, 1.54) is 12.1 Å². The number of benzene rings is 2. The van der Waals surface area contributed by atoms with Gasteiger partial charge in [-0.3, -0.25) is 4.57 Å². The molecule has 22 heavy (non-hydrogen) atoms. The number of rotatable bonds is 5. The number of amides is 1. The third kappa shape index (κ3) is 4.70. The summed E-state index contributed by atoms with van der Waals surface area (Å²) in [5.41, 5.74) is 1.09. The number of ether oxygens (including phenoxy) is 1. The Labute approximate surface area is 127 Å². The molecule has 0 aliphatic rings. The molecule has 7 heteroatoms. The molecule has 6 nitrogen and oxygen atoms in total. The molecule has 2 rings (SSSR count). The Balaban J connectivity index is 2.02. The smallest absolute Gasteiger partial charge is 0.408 e. The minimum absolute atomic E-state index is 0.0232. The molecule has 0 radical (unpaired) electrons. The van der Waals surface area contributed by atoms with E-state index in [0.717, 1.165) is 5.56 Å². The molecule has 0 aliphatic heterocycles. The van der Waals surface area contributed by atoms with Crippen molar-refractivity contribution >= 4 is 13.7 Å². The monoisotopic (exact) mass is 321 g/mol. The van der Waals surface area contributed by atoms with Gasteiger partial charge in [0.05, 0.1) is 0 Å². The molecule has 0 saturated heterocycles. The number of hydrogen-bond acceptors (Lipinski definition) is 3. The Hall–Kier alpha value is -2.14. The lowest BCUT2D eigenvalue weighted by Gasteiger charge is -2.20. The van der Waals surface area contributed by atoms with Crippen LogP contribution in [-0.4, -0.2) is 15.9 Å². The number of hydrogen-bond donors (Lipinski definition) is 3. The predicted molar refractivity (Wildman–Crippen MR) is 81.0 cm³/mol. The maximum atomic E-state index is 11.8. The molecule has 0 aliphatic carbocycles. The van der Waals surface area contributed by atoms with Gasteiger partial charge in [0, 0.05) is 0 Å². The van der Waals surface area contributed by atoms with Crippen LogP contribution < -0.4 is 5.32 Å². The SMILES string of the molecule is O=C(N[C@H](c1ccccc1)P(=O)(O)O)OCc1ccccc1. The highest BCUT2D eigenvalue weighted by Crippen LogP contribution is 2.49.